The Balaban J connectivity index is 1.82. The lowest BCUT2D eigenvalue weighted by Gasteiger charge is -2.45. The van der Waals surface area contributed by atoms with Gasteiger partial charge in [-0.3, -0.25) is 9.59 Å². The number of rotatable bonds is 6. The van der Waals surface area contributed by atoms with Crippen LogP contribution in [0, 0.1) is 5.92 Å². The van der Waals surface area contributed by atoms with E-state index in [4.69, 9.17) is 9.47 Å². The zero-order chi connectivity index (χ0) is 22.1. The van der Waals surface area contributed by atoms with Crippen LogP contribution in [0.4, 0.5) is 0 Å². The SMILES string of the molecule is C=C(C)C(=O)CCC(C)=C[C@@H]1CC(C)=C[C@]2(C=C(CO)[C@H]3CC(=O)C(C)=C[C@H]3O2)O1. The van der Waals surface area contributed by atoms with Gasteiger partial charge in [0.05, 0.1) is 18.8 Å². The number of fused-ring (bicyclic) bond motifs is 1. The number of ether oxygens (including phenoxy) is 2. The highest BCUT2D eigenvalue weighted by Gasteiger charge is 2.45. The van der Waals surface area contributed by atoms with Crippen LogP contribution in [0.5, 0.6) is 0 Å². The van der Waals surface area contributed by atoms with E-state index in [2.05, 4.69) is 12.7 Å². The molecule has 0 saturated carbocycles. The quantitative estimate of drug-likeness (QED) is 0.524. The predicted octanol–water partition coefficient (Wildman–Crippen LogP) is 4.14. The van der Waals surface area contributed by atoms with Crippen molar-refractivity contribution in [3.05, 3.63) is 58.7 Å². The molecule has 0 amide bonds. The Morgan fingerprint density at radius 2 is 1.97 bits per heavy atom. The van der Waals surface area contributed by atoms with E-state index in [1.807, 2.05) is 32.1 Å². The smallest absolute Gasteiger partial charge is 0.209 e. The number of hydrogen-bond donors (Lipinski definition) is 1. The van der Waals surface area contributed by atoms with Crippen LogP contribution >= 0.6 is 0 Å². The average Bonchev–Trinajstić information content (AvgIpc) is 2.66. The fraction of sp³-hybridized carbons (Fsp3) is 0.520. The Hall–Kier alpha value is -2.08. The molecule has 0 aromatic carbocycles. The van der Waals surface area contributed by atoms with Gasteiger partial charge in [0.25, 0.3) is 0 Å². The number of Topliss-reactive ketones (excluding diaryl/α,β-unsaturated/α-hetero) is 2. The number of allylic oxidation sites excluding steroid dienone is 3. The molecule has 2 heterocycles. The van der Waals surface area contributed by atoms with Crippen LogP contribution in [0.3, 0.4) is 0 Å². The molecule has 1 aliphatic carbocycles. The van der Waals surface area contributed by atoms with Crippen molar-refractivity contribution in [3.63, 3.8) is 0 Å². The summed E-state index contributed by atoms with van der Waals surface area (Å²) in [5.41, 5.74) is 4.26. The molecule has 5 nitrogen and oxygen atoms in total. The van der Waals surface area contributed by atoms with E-state index in [-0.39, 0.29) is 36.3 Å². The fourth-order valence-electron chi connectivity index (χ4n) is 4.35. The summed E-state index contributed by atoms with van der Waals surface area (Å²) in [5, 5.41) is 9.96. The molecule has 0 aromatic rings. The topological polar surface area (TPSA) is 72.8 Å². The number of aliphatic hydroxyl groups is 1. The highest BCUT2D eigenvalue weighted by molar-refractivity contribution is 5.96. The van der Waals surface area contributed by atoms with Gasteiger partial charge in [0.15, 0.2) is 11.6 Å². The summed E-state index contributed by atoms with van der Waals surface area (Å²) in [4.78, 5) is 24.0. The third-order valence-electron chi connectivity index (χ3n) is 6.02. The first-order chi connectivity index (χ1) is 14.1. The van der Waals surface area contributed by atoms with Gasteiger partial charge in [0.1, 0.15) is 0 Å². The van der Waals surface area contributed by atoms with Crippen molar-refractivity contribution in [1.29, 1.82) is 0 Å². The molecule has 0 aromatic heterocycles. The van der Waals surface area contributed by atoms with E-state index in [9.17, 15) is 14.7 Å². The maximum Gasteiger partial charge on any atom is 0.209 e. The summed E-state index contributed by atoms with van der Waals surface area (Å²) in [7, 11) is 0. The van der Waals surface area contributed by atoms with E-state index in [0.717, 1.165) is 23.1 Å². The fourth-order valence-corrected chi connectivity index (χ4v) is 4.35. The lowest BCUT2D eigenvalue weighted by molar-refractivity contribution is -0.224. The second-order valence-corrected chi connectivity index (χ2v) is 8.83. The maximum absolute atomic E-state index is 12.1. The molecule has 1 N–H and O–H groups in total. The summed E-state index contributed by atoms with van der Waals surface area (Å²) in [6, 6.07) is 0. The van der Waals surface area contributed by atoms with Crippen molar-refractivity contribution in [2.24, 2.45) is 5.92 Å². The summed E-state index contributed by atoms with van der Waals surface area (Å²) < 4.78 is 12.7. The van der Waals surface area contributed by atoms with Crippen LogP contribution in [0.25, 0.3) is 0 Å². The van der Waals surface area contributed by atoms with Crippen LogP contribution in [-0.2, 0) is 19.1 Å². The molecule has 3 aliphatic rings. The van der Waals surface area contributed by atoms with Crippen molar-refractivity contribution in [2.45, 2.75) is 71.4 Å². The molecular formula is C25H32O5. The molecular weight excluding hydrogens is 380 g/mol. The minimum atomic E-state index is -1.06. The minimum Gasteiger partial charge on any atom is -0.392 e. The van der Waals surface area contributed by atoms with Crippen molar-refractivity contribution in [2.75, 3.05) is 6.61 Å². The van der Waals surface area contributed by atoms with Crippen molar-refractivity contribution < 1.29 is 24.2 Å². The van der Waals surface area contributed by atoms with Gasteiger partial charge in [-0.1, -0.05) is 23.8 Å². The van der Waals surface area contributed by atoms with Crippen molar-refractivity contribution in [3.8, 4) is 0 Å². The van der Waals surface area contributed by atoms with E-state index >= 15 is 0 Å². The minimum absolute atomic E-state index is 0.0750. The predicted molar refractivity (Wildman–Crippen MR) is 116 cm³/mol. The second kappa shape index (κ2) is 8.96. The van der Waals surface area contributed by atoms with E-state index in [1.54, 1.807) is 13.8 Å². The number of carbonyl (C=O) groups is 2. The molecule has 3 rings (SSSR count). The lowest BCUT2D eigenvalue weighted by Crippen LogP contribution is -2.49. The Bertz CT molecular complexity index is 872. The summed E-state index contributed by atoms with van der Waals surface area (Å²) in [6.45, 7) is 11.1. The normalized spacial score (nSPS) is 31.6. The van der Waals surface area contributed by atoms with Gasteiger partial charge >= 0.3 is 0 Å². The first-order valence-electron chi connectivity index (χ1n) is 10.6. The summed E-state index contributed by atoms with van der Waals surface area (Å²) in [6.07, 6.45) is 9.37. The number of carbonyl (C=O) groups excluding carboxylic acids is 2. The van der Waals surface area contributed by atoms with Gasteiger partial charge in [0.2, 0.25) is 5.79 Å². The molecule has 4 atom stereocenters. The number of ketones is 2. The van der Waals surface area contributed by atoms with Crippen molar-refractivity contribution >= 4 is 11.6 Å². The highest BCUT2D eigenvalue weighted by atomic mass is 16.7. The highest BCUT2D eigenvalue weighted by Crippen LogP contribution is 2.42. The molecule has 0 saturated heterocycles. The molecule has 0 fully saturated rings. The largest absolute Gasteiger partial charge is 0.392 e. The Morgan fingerprint density at radius 3 is 2.63 bits per heavy atom. The Labute approximate surface area is 178 Å². The molecule has 1 spiro atoms. The molecule has 30 heavy (non-hydrogen) atoms. The van der Waals surface area contributed by atoms with Crippen LogP contribution in [0.15, 0.2) is 58.7 Å². The third kappa shape index (κ3) is 4.97. The van der Waals surface area contributed by atoms with Crippen LogP contribution < -0.4 is 0 Å². The standard InChI is InChI=1S/C25H32O5/c1-15(2)22(27)7-6-16(3)8-20-9-17(4)12-25(29-20)13-19(14-26)21-11-23(28)18(5)10-24(21)30-25/h8,10,12-13,20-21,24,26H,1,6-7,9,11,14H2,2-5H3/t20-,21-,24-,25+/m1/s1. The monoisotopic (exact) mass is 412 g/mol. The van der Waals surface area contributed by atoms with Crippen LogP contribution in [0.2, 0.25) is 0 Å². The molecule has 0 bridgehead atoms. The Kier molecular flexibility index (Phi) is 6.75. The van der Waals surface area contributed by atoms with Gasteiger partial charge in [-0.25, -0.2) is 0 Å². The maximum atomic E-state index is 12.1. The zero-order valence-corrected chi connectivity index (χ0v) is 18.4. The van der Waals surface area contributed by atoms with Crippen LogP contribution in [0.1, 0.15) is 53.4 Å². The number of hydrogen-bond acceptors (Lipinski definition) is 5. The van der Waals surface area contributed by atoms with Crippen LogP contribution in [-0.4, -0.2) is 41.3 Å². The number of aliphatic hydroxyl groups excluding tert-OH is 1. The summed E-state index contributed by atoms with van der Waals surface area (Å²) in [5.74, 6) is -1.05. The van der Waals surface area contributed by atoms with Crippen molar-refractivity contribution in [1.82, 2.24) is 0 Å². The van der Waals surface area contributed by atoms with Gasteiger partial charge in [-0.15, -0.1) is 0 Å². The Morgan fingerprint density at radius 1 is 1.23 bits per heavy atom. The molecule has 0 unspecified atom stereocenters. The van der Waals surface area contributed by atoms with Gasteiger partial charge in [-0.05, 0) is 75.5 Å². The van der Waals surface area contributed by atoms with E-state index < -0.39 is 5.79 Å². The molecule has 0 radical (unpaired) electrons. The third-order valence-corrected chi connectivity index (χ3v) is 6.02. The van der Waals surface area contributed by atoms with E-state index in [1.165, 1.54) is 0 Å². The zero-order valence-electron chi connectivity index (χ0n) is 18.4. The second-order valence-electron chi connectivity index (χ2n) is 8.83. The molecule has 5 heteroatoms. The molecule has 162 valence electrons. The average molecular weight is 413 g/mol. The first-order valence-corrected chi connectivity index (χ1v) is 10.6. The van der Waals surface area contributed by atoms with Gasteiger partial charge in [-0.2, -0.15) is 0 Å². The summed E-state index contributed by atoms with van der Waals surface area (Å²) >= 11 is 0. The first kappa shape index (κ1) is 22.6. The lowest BCUT2D eigenvalue weighted by atomic mass is 9.79. The van der Waals surface area contributed by atoms with E-state index in [0.29, 0.717) is 30.4 Å². The molecule has 2 aliphatic heterocycles. The van der Waals surface area contributed by atoms with Gasteiger partial charge in [0, 0.05) is 18.8 Å². The van der Waals surface area contributed by atoms with Gasteiger partial charge < -0.3 is 14.6 Å².